The van der Waals surface area contributed by atoms with Crippen molar-refractivity contribution in [3.05, 3.63) is 64.1 Å². The van der Waals surface area contributed by atoms with Crippen LogP contribution < -0.4 is 10.1 Å². The number of hydrogen-bond donors (Lipinski definition) is 1. The molecule has 0 aliphatic carbocycles. The zero-order valence-corrected chi connectivity index (χ0v) is 20.0. The van der Waals surface area contributed by atoms with Crippen molar-refractivity contribution >= 4 is 27.7 Å². The zero-order valence-electron chi connectivity index (χ0n) is 18.4. The van der Waals surface area contributed by atoms with E-state index in [1.807, 2.05) is 69.3 Å². The SMILES string of the molecule is CCc1ccc(OCC(=O)N(Cc2ccccc2)[C@@H](C)C(=O)NC(C)(C)C)c(Br)c1. The lowest BCUT2D eigenvalue weighted by Crippen LogP contribution is -2.53. The van der Waals surface area contributed by atoms with Crippen molar-refractivity contribution in [2.45, 2.75) is 59.2 Å². The standard InChI is InChI=1S/C24H31BrN2O3/c1-6-18-12-13-21(20(25)14-18)30-16-22(28)27(15-19-10-8-7-9-11-19)17(2)23(29)26-24(3,4)5/h7-14,17H,6,15-16H2,1-5H3,(H,26,29)/t17-/m0/s1. The average molecular weight is 475 g/mol. The van der Waals surface area contributed by atoms with Crippen molar-refractivity contribution < 1.29 is 14.3 Å². The van der Waals surface area contributed by atoms with Gasteiger partial charge in [0, 0.05) is 12.1 Å². The number of carbonyl (C=O) groups excluding carboxylic acids is 2. The number of rotatable bonds is 8. The molecule has 1 atom stereocenters. The highest BCUT2D eigenvalue weighted by Crippen LogP contribution is 2.26. The van der Waals surface area contributed by atoms with Crippen LogP contribution in [0.25, 0.3) is 0 Å². The number of aryl methyl sites for hydroxylation is 1. The van der Waals surface area contributed by atoms with Gasteiger partial charge in [-0.3, -0.25) is 9.59 Å². The van der Waals surface area contributed by atoms with E-state index in [2.05, 4.69) is 28.2 Å². The van der Waals surface area contributed by atoms with E-state index in [1.165, 1.54) is 5.56 Å². The third-order valence-corrected chi connectivity index (χ3v) is 5.24. The molecule has 0 saturated carbocycles. The van der Waals surface area contributed by atoms with Gasteiger partial charge in [0.2, 0.25) is 5.91 Å². The highest BCUT2D eigenvalue weighted by atomic mass is 79.9. The van der Waals surface area contributed by atoms with Gasteiger partial charge >= 0.3 is 0 Å². The average Bonchev–Trinajstić information content (AvgIpc) is 2.69. The number of nitrogens with zero attached hydrogens (tertiary/aromatic N) is 1. The fourth-order valence-electron chi connectivity index (χ4n) is 2.94. The van der Waals surface area contributed by atoms with E-state index in [4.69, 9.17) is 4.74 Å². The molecule has 0 spiro atoms. The van der Waals surface area contributed by atoms with Gasteiger partial charge in [0.1, 0.15) is 11.8 Å². The minimum Gasteiger partial charge on any atom is -0.483 e. The smallest absolute Gasteiger partial charge is 0.261 e. The van der Waals surface area contributed by atoms with Crippen LogP contribution in [-0.2, 0) is 22.6 Å². The van der Waals surface area contributed by atoms with Gasteiger partial charge in [0.25, 0.3) is 5.91 Å². The summed E-state index contributed by atoms with van der Waals surface area (Å²) in [6.45, 7) is 9.76. The molecular weight excluding hydrogens is 444 g/mol. The van der Waals surface area contributed by atoms with E-state index in [0.29, 0.717) is 12.3 Å². The van der Waals surface area contributed by atoms with Gasteiger partial charge in [-0.25, -0.2) is 0 Å². The van der Waals surface area contributed by atoms with Crippen LogP contribution in [0.15, 0.2) is 53.0 Å². The van der Waals surface area contributed by atoms with Gasteiger partial charge < -0.3 is 15.0 Å². The van der Waals surface area contributed by atoms with Crippen molar-refractivity contribution in [1.82, 2.24) is 10.2 Å². The van der Waals surface area contributed by atoms with Gasteiger partial charge in [0.15, 0.2) is 6.61 Å². The first-order valence-electron chi connectivity index (χ1n) is 10.2. The van der Waals surface area contributed by atoms with E-state index in [1.54, 1.807) is 11.8 Å². The van der Waals surface area contributed by atoms with Crippen LogP contribution in [0, 0.1) is 0 Å². The molecule has 2 aromatic rings. The molecule has 5 nitrogen and oxygen atoms in total. The lowest BCUT2D eigenvalue weighted by Gasteiger charge is -2.31. The first-order chi connectivity index (χ1) is 14.1. The molecule has 0 aromatic heterocycles. The van der Waals surface area contributed by atoms with Gasteiger partial charge in [-0.05, 0) is 73.3 Å². The summed E-state index contributed by atoms with van der Waals surface area (Å²) >= 11 is 3.50. The molecule has 162 valence electrons. The molecule has 0 fully saturated rings. The Balaban J connectivity index is 2.16. The molecule has 0 aliphatic rings. The van der Waals surface area contributed by atoms with Gasteiger partial charge in [-0.1, -0.05) is 43.3 Å². The zero-order chi connectivity index (χ0) is 22.3. The van der Waals surface area contributed by atoms with Gasteiger partial charge in [-0.2, -0.15) is 0 Å². The summed E-state index contributed by atoms with van der Waals surface area (Å²) < 4.78 is 6.59. The summed E-state index contributed by atoms with van der Waals surface area (Å²) in [5, 5.41) is 2.95. The first-order valence-corrected chi connectivity index (χ1v) is 11.0. The second-order valence-electron chi connectivity index (χ2n) is 8.33. The second kappa shape index (κ2) is 10.6. The van der Waals surface area contributed by atoms with Gasteiger partial charge in [-0.15, -0.1) is 0 Å². The van der Waals surface area contributed by atoms with Crippen LogP contribution in [-0.4, -0.2) is 34.9 Å². The van der Waals surface area contributed by atoms with Crippen LogP contribution in [0.1, 0.15) is 45.7 Å². The quantitative estimate of drug-likeness (QED) is 0.601. The van der Waals surface area contributed by atoms with E-state index < -0.39 is 6.04 Å². The van der Waals surface area contributed by atoms with Crippen molar-refractivity contribution in [2.75, 3.05) is 6.61 Å². The third-order valence-electron chi connectivity index (χ3n) is 4.62. The number of amides is 2. The van der Waals surface area contributed by atoms with Crippen LogP contribution in [0.3, 0.4) is 0 Å². The minimum atomic E-state index is -0.633. The second-order valence-corrected chi connectivity index (χ2v) is 9.18. The molecule has 30 heavy (non-hydrogen) atoms. The van der Waals surface area contributed by atoms with Crippen molar-refractivity contribution in [3.63, 3.8) is 0 Å². The van der Waals surface area contributed by atoms with Crippen LogP contribution in [0.4, 0.5) is 0 Å². The van der Waals surface area contributed by atoms with Crippen molar-refractivity contribution in [2.24, 2.45) is 0 Å². The molecule has 2 aromatic carbocycles. The molecule has 0 bridgehead atoms. The monoisotopic (exact) mass is 474 g/mol. The predicted molar refractivity (Wildman–Crippen MR) is 123 cm³/mol. The number of halogens is 1. The maximum Gasteiger partial charge on any atom is 0.261 e. The summed E-state index contributed by atoms with van der Waals surface area (Å²) in [5.41, 5.74) is 1.75. The number of nitrogens with one attached hydrogen (secondary N) is 1. The first kappa shape index (κ1) is 23.9. The number of carbonyl (C=O) groups is 2. The number of benzene rings is 2. The molecule has 0 heterocycles. The highest BCUT2D eigenvalue weighted by molar-refractivity contribution is 9.10. The predicted octanol–water partition coefficient (Wildman–Crippen LogP) is 4.72. The van der Waals surface area contributed by atoms with Gasteiger partial charge in [0.05, 0.1) is 4.47 Å². The highest BCUT2D eigenvalue weighted by Gasteiger charge is 2.28. The summed E-state index contributed by atoms with van der Waals surface area (Å²) in [7, 11) is 0. The molecular formula is C24H31BrN2O3. The van der Waals surface area contributed by atoms with Crippen LogP contribution in [0.2, 0.25) is 0 Å². The third kappa shape index (κ3) is 7.17. The topological polar surface area (TPSA) is 58.6 Å². The van der Waals surface area contributed by atoms with Crippen LogP contribution >= 0.6 is 15.9 Å². The Labute approximate surface area is 187 Å². The van der Waals surface area contributed by atoms with Crippen molar-refractivity contribution in [1.29, 1.82) is 0 Å². The Hall–Kier alpha value is -2.34. The molecule has 2 rings (SSSR count). The number of hydrogen-bond acceptors (Lipinski definition) is 3. The van der Waals surface area contributed by atoms with E-state index in [0.717, 1.165) is 16.5 Å². The molecule has 2 amide bonds. The van der Waals surface area contributed by atoms with Crippen LogP contribution in [0.5, 0.6) is 5.75 Å². The Bertz CT molecular complexity index is 862. The molecule has 0 aliphatic heterocycles. The van der Waals surface area contributed by atoms with Crippen molar-refractivity contribution in [3.8, 4) is 5.75 Å². The minimum absolute atomic E-state index is 0.149. The summed E-state index contributed by atoms with van der Waals surface area (Å²) in [6.07, 6.45) is 0.920. The van der Waals surface area contributed by atoms with E-state index >= 15 is 0 Å². The maximum atomic E-state index is 13.1. The number of ether oxygens (including phenoxy) is 1. The molecule has 0 saturated heterocycles. The molecule has 1 N–H and O–H groups in total. The maximum absolute atomic E-state index is 13.1. The lowest BCUT2D eigenvalue weighted by atomic mass is 10.1. The summed E-state index contributed by atoms with van der Waals surface area (Å²) in [6, 6.07) is 14.8. The Kier molecular flexibility index (Phi) is 8.47. The Morgan fingerprint density at radius 3 is 2.33 bits per heavy atom. The largest absolute Gasteiger partial charge is 0.483 e. The molecule has 0 radical (unpaired) electrons. The molecule has 6 heteroatoms. The lowest BCUT2D eigenvalue weighted by molar-refractivity contribution is -0.142. The molecule has 0 unspecified atom stereocenters. The van der Waals surface area contributed by atoms with E-state index in [-0.39, 0.29) is 24.0 Å². The Morgan fingerprint density at radius 1 is 1.10 bits per heavy atom. The fourth-order valence-corrected chi connectivity index (χ4v) is 3.48. The summed E-state index contributed by atoms with van der Waals surface area (Å²) in [4.78, 5) is 27.4. The normalized spacial score (nSPS) is 12.2. The summed E-state index contributed by atoms with van der Waals surface area (Å²) in [5.74, 6) is 0.161. The Morgan fingerprint density at radius 2 is 1.77 bits per heavy atom. The fraction of sp³-hybridized carbons (Fsp3) is 0.417. The van der Waals surface area contributed by atoms with E-state index in [9.17, 15) is 9.59 Å².